The van der Waals surface area contributed by atoms with Crippen LogP contribution in [0.2, 0.25) is 0 Å². The van der Waals surface area contributed by atoms with Crippen molar-refractivity contribution in [3.05, 3.63) is 90.0 Å². The monoisotopic (exact) mass is 479 g/mol. The van der Waals surface area contributed by atoms with Crippen molar-refractivity contribution in [1.82, 2.24) is 24.8 Å². The fourth-order valence-corrected chi connectivity index (χ4v) is 4.23. The molecule has 0 unspecified atom stereocenters. The van der Waals surface area contributed by atoms with E-state index in [1.54, 1.807) is 36.8 Å². The van der Waals surface area contributed by atoms with Crippen LogP contribution in [-0.2, 0) is 6.42 Å². The average molecular weight is 480 g/mol. The summed E-state index contributed by atoms with van der Waals surface area (Å²) in [5, 5.41) is 3.25. The van der Waals surface area contributed by atoms with Crippen molar-refractivity contribution in [1.29, 1.82) is 0 Å². The number of nitrogens with zero attached hydrogens (tertiary/aromatic N) is 6. The van der Waals surface area contributed by atoms with Crippen LogP contribution in [0.25, 0.3) is 11.4 Å². The first-order valence-corrected chi connectivity index (χ1v) is 12.2. The first-order valence-electron chi connectivity index (χ1n) is 12.2. The molecule has 36 heavy (non-hydrogen) atoms. The Hall–Kier alpha value is -4.17. The largest absolute Gasteiger partial charge is 0.369 e. The summed E-state index contributed by atoms with van der Waals surface area (Å²) < 4.78 is 0. The zero-order valence-corrected chi connectivity index (χ0v) is 20.6. The van der Waals surface area contributed by atoms with Gasteiger partial charge in [-0.1, -0.05) is 31.2 Å². The molecule has 1 aliphatic rings. The molecule has 4 aromatic rings. The molecule has 0 amide bonds. The van der Waals surface area contributed by atoms with Gasteiger partial charge in [0.2, 0.25) is 11.7 Å². The Kier molecular flexibility index (Phi) is 6.95. The maximum absolute atomic E-state index is 13.4. The Morgan fingerprint density at radius 1 is 0.917 bits per heavy atom. The molecule has 2 aromatic heterocycles. The summed E-state index contributed by atoms with van der Waals surface area (Å²) in [5.74, 6) is 0.887. The lowest BCUT2D eigenvalue weighted by molar-refractivity contribution is 0.103. The first-order chi connectivity index (χ1) is 17.6. The van der Waals surface area contributed by atoms with Gasteiger partial charge < -0.3 is 15.1 Å². The number of hydrogen-bond donors (Lipinski definition) is 1. The van der Waals surface area contributed by atoms with Crippen molar-refractivity contribution in [3.63, 3.8) is 0 Å². The third kappa shape index (κ3) is 5.23. The van der Waals surface area contributed by atoms with Crippen LogP contribution < -0.4 is 10.2 Å². The van der Waals surface area contributed by atoms with E-state index in [1.165, 1.54) is 5.69 Å². The lowest BCUT2D eigenvalue weighted by atomic mass is 10.0. The number of aryl methyl sites for hydroxylation is 1. The fraction of sp³-hybridized carbons (Fsp3) is 0.250. The molecule has 3 heterocycles. The predicted octanol–water partition coefficient (Wildman–Crippen LogP) is 4.22. The van der Waals surface area contributed by atoms with Crippen molar-refractivity contribution in [3.8, 4) is 11.4 Å². The number of rotatable bonds is 7. The third-order valence-corrected chi connectivity index (χ3v) is 6.42. The number of hydrogen-bond acceptors (Lipinski definition) is 8. The average Bonchev–Trinajstić information content (AvgIpc) is 2.94. The number of nitrogens with one attached hydrogen (secondary N) is 1. The Labute approximate surface area is 211 Å². The molecule has 0 aliphatic carbocycles. The van der Waals surface area contributed by atoms with Gasteiger partial charge >= 0.3 is 0 Å². The van der Waals surface area contributed by atoms with Gasteiger partial charge in [-0.15, -0.1) is 0 Å². The molecular formula is C28H29N7O. The maximum Gasteiger partial charge on any atom is 0.227 e. The molecule has 5 rings (SSSR count). The van der Waals surface area contributed by atoms with Gasteiger partial charge in [0.25, 0.3) is 0 Å². The van der Waals surface area contributed by atoms with Crippen LogP contribution in [0, 0.1) is 0 Å². The van der Waals surface area contributed by atoms with Gasteiger partial charge in [-0.2, -0.15) is 0 Å². The van der Waals surface area contributed by atoms with Gasteiger partial charge in [0.15, 0.2) is 5.82 Å². The Morgan fingerprint density at radius 2 is 1.61 bits per heavy atom. The summed E-state index contributed by atoms with van der Waals surface area (Å²) in [6.45, 7) is 6.18. The van der Waals surface area contributed by atoms with Crippen LogP contribution in [-0.4, -0.2) is 63.8 Å². The number of ketones is 1. The van der Waals surface area contributed by atoms with E-state index in [9.17, 15) is 4.79 Å². The van der Waals surface area contributed by atoms with Gasteiger partial charge in [0.1, 0.15) is 5.69 Å². The molecule has 182 valence electrons. The zero-order chi connectivity index (χ0) is 24.9. The van der Waals surface area contributed by atoms with Crippen LogP contribution >= 0.6 is 0 Å². The van der Waals surface area contributed by atoms with E-state index in [0.717, 1.165) is 43.0 Å². The molecule has 0 atom stereocenters. The molecule has 1 N–H and O–H groups in total. The molecule has 8 heteroatoms. The first kappa shape index (κ1) is 23.6. The smallest absolute Gasteiger partial charge is 0.227 e. The standard InChI is InChI=1S/C28H29N7O/c1-3-20-19-31-28(32-23-9-11-24(12-10-23)35-17-15-34(2)16-18-35)33-25(20)26(36)21-5-7-22(8-6-21)27-29-13-4-14-30-27/h4-14,19H,3,15-18H2,1-2H3,(H,31,32,33). The van der Waals surface area contributed by atoms with E-state index in [2.05, 4.69) is 54.2 Å². The Morgan fingerprint density at radius 3 is 2.28 bits per heavy atom. The van der Waals surface area contributed by atoms with E-state index in [0.29, 0.717) is 29.5 Å². The van der Waals surface area contributed by atoms with Crippen molar-refractivity contribution in [2.75, 3.05) is 43.4 Å². The minimum atomic E-state index is -0.136. The highest BCUT2D eigenvalue weighted by Crippen LogP contribution is 2.23. The van der Waals surface area contributed by atoms with Crippen LogP contribution in [0.1, 0.15) is 28.5 Å². The number of benzene rings is 2. The van der Waals surface area contributed by atoms with E-state index in [1.807, 2.05) is 31.2 Å². The molecule has 1 saturated heterocycles. The van der Waals surface area contributed by atoms with Crippen molar-refractivity contribution < 1.29 is 4.79 Å². The van der Waals surface area contributed by atoms with Crippen molar-refractivity contribution in [2.24, 2.45) is 0 Å². The predicted molar refractivity (Wildman–Crippen MR) is 142 cm³/mol. The number of aromatic nitrogens is 4. The minimum absolute atomic E-state index is 0.136. The summed E-state index contributed by atoms with van der Waals surface area (Å²) >= 11 is 0. The van der Waals surface area contributed by atoms with E-state index >= 15 is 0 Å². The summed E-state index contributed by atoms with van der Waals surface area (Å²) in [6.07, 6.45) is 5.79. The topological polar surface area (TPSA) is 87.1 Å². The van der Waals surface area contributed by atoms with Crippen LogP contribution in [0.4, 0.5) is 17.3 Å². The van der Waals surface area contributed by atoms with Crippen molar-refractivity contribution >= 4 is 23.1 Å². The lowest BCUT2D eigenvalue weighted by Gasteiger charge is -2.34. The van der Waals surface area contributed by atoms with Gasteiger partial charge in [-0.05, 0) is 43.8 Å². The summed E-state index contributed by atoms with van der Waals surface area (Å²) in [6, 6.07) is 17.3. The SMILES string of the molecule is CCc1cnc(Nc2ccc(N3CCN(C)CC3)cc2)nc1C(=O)c1ccc(-c2ncccn2)cc1. The molecule has 0 saturated carbocycles. The number of likely N-dealkylation sites (N-methyl/N-ethyl adjacent to an activating group) is 1. The molecule has 0 radical (unpaired) electrons. The summed E-state index contributed by atoms with van der Waals surface area (Å²) in [5.41, 5.74) is 4.72. The Balaban J connectivity index is 1.32. The Bertz CT molecular complexity index is 1320. The van der Waals surface area contributed by atoms with Crippen LogP contribution in [0.5, 0.6) is 0 Å². The second kappa shape index (κ2) is 10.6. The summed E-state index contributed by atoms with van der Waals surface area (Å²) in [7, 11) is 2.15. The molecular weight excluding hydrogens is 450 g/mol. The van der Waals surface area contributed by atoms with E-state index in [4.69, 9.17) is 0 Å². The molecule has 8 nitrogen and oxygen atoms in total. The third-order valence-electron chi connectivity index (χ3n) is 6.42. The molecule has 1 aliphatic heterocycles. The molecule has 2 aromatic carbocycles. The maximum atomic E-state index is 13.4. The quantitative estimate of drug-likeness (QED) is 0.394. The molecule has 0 spiro atoms. The van der Waals surface area contributed by atoms with Gasteiger partial charge in [-0.25, -0.2) is 19.9 Å². The van der Waals surface area contributed by atoms with Crippen LogP contribution in [0.3, 0.4) is 0 Å². The number of carbonyl (C=O) groups is 1. The second-order valence-corrected chi connectivity index (χ2v) is 8.86. The minimum Gasteiger partial charge on any atom is -0.369 e. The van der Waals surface area contributed by atoms with E-state index in [-0.39, 0.29) is 5.78 Å². The number of anilines is 3. The van der Waals surface area contributed by atoms with Gasteiger partial charge in [-0.3, -0.25) is 4.79 Å². The van der Waals surface area contributed by atoms with Crippen molar-refractivity contribution in [2.45, 2.75) is 13.3 Å². The highest BCUT2D eigenvalue weighted by Gasteiger charge is 2.18. The van der Waals surface area contributed by atoms with E-state index < -0.39 is 0 Å². The lowest BCUT2D eigenvalue weighted by Crippen LogP contribution is -2.44. The fourth-order valence-electron chi connectivity index (χ4n) is 4.23. The number of piperazine rings is 1. The molecule has 1 fully saturated rings. The van der Waals surface area contributed by atoms with Crippen LogP contribution in [0.15, 0.2) is 73.2 Å². The zero-order valence-electron chi connectivity index (χ0n) is 20.6. The highest BCUT2D eigenvalue weighted by atomic mass is 16.1. The van der Waals surface area contributed by atoms with Gasteiger partial charge in [0, 0.05) is 72.8 Å². The molecule has 0 bridgehead atoms. The second-order valence-electron chi connectivity index (χ2n) is 8.86. The normalized spacial score (nSPS) is 14.0. The highest BCUT2D eigenvalue weighted by molar-refractivity contribution is 6.08. The number of carbonyl (C=O) groups excluding carboxylic acids is 1. The summed E-state index contributed by atoms with van der Waals surface area (Å²) in [4.78, 5) is 35.7. The van der Waals surface area contributed by atoms with Gasteiger partial charge in [0.05, 0.1) is 0 Å².